The van der Waals surface area contributed by atoms with Crippen LogP contribution in [-0.4, -0.2) is 79.6 Å². The van der Waals surface area contributed by atoms with Gasteiger partial charge in [-0.15, -0.1) is 0 Å². The molecule has 0 bridgehead atoms. The number of likely N-dealkylation sites (tertiary alicyclic amines) is 2. The van der Waals surface area contributed by atoms with Crippen molar-refractivity contribution in [3.63, 3.8) is 0 Å². The molecule has 2 fully saturated rings. The maximum atomic E-state index is 12.8. The molecule has 2 aromatic carbocycles. The average molecular weight is 450 g/mol. The predicted molar refractivity (Wildman–Crippen MR) is 134 cm³/mol. The summed E-state index contributed by atoms with van der Waals surface area (Å²) in [5, 5.41) is 0. The maximum Gasteiger partial charge on any atom is 0.253 e. The Morgan fingerprint density at radius 1 is 0.879 bits per heavy atom. The van der Waals surface area contributed by atoms with Gasteiger partial charge in [0.2, 0.25) is 0 Å². The van der Waals surface area contributed by atoms with Crippen LogP contribution in [0.3, 0.4) is 0 Å². The number of piperidine rings is 2. The molecule has 2 aliphatic heterocycles. The average Bonchev–Trinajstić information content (AvgIpc) is 2.88. The van der Waals surface area contributed by atoms with Crippen LogP contribution in [0.15, 0.2) is 54.6 Å². The minimum Gasteiger partial charge on any atom is -0.490 e. The number of hydrogen-bond acceptors (Lipinski definition) is 4. The minimum atomic E-state index is 0.0882. The highest BCUT2D eigenvalue weighted by Crippen LogP contribution is 2.20. The number of amides is 1. The number of carbonyl (C=O) groups is 1. The zero-order chi connectivity index (χ0) is 22.9. The Bertz CT molecular complexity index is 841. The molecular formula is C28H39N3O2. The van der Waals surface area contributed by atoms with E-state index in [2.05, 4.69) is 40.1 Å². The van der Waals surface area contributed by atoms with Gasteiger partial charge in [0.05, 0.1) is 0 Å². The summed E-state index contributed by atoms with van der Waals surface area (Å²) in [5.41, 5.74) is 2.14. The third-order valence-corrected chi connectivity index (χ3v) is 7.05. The summed E-state index contributed by atoms with van der Waals surface area (Å²) < 4.78 is 6.23. The number of ether oxygens (including phenoxy) is 1. The van der Waals surface area contributed by atoms with Gasteiger partial charge in [-0.25, -0.2) is 0 Å². The van der Waals surface area contributed by atoms with Crippen LogP contribution in [0.4, 0.5) is 0 Å². The number of carbonyl (C=O) groups excluding carboxylic acids is 1. The first-order valence-electron chi connectivity index (χ1n) is 12.7. The highest BCUT2D eigenvalue weighted by Gasteiger charge is 2.21. The second-order valence-corrected chi connectivity index (χ2v) is 9.55. The fraction of sp³-hybridized carbons (Fsp3) is 0.536. The molecule has 0 aliphatic carbocycles. The van der Waals surface area contributed by atoms with Crippen molar-refractivity contribution in [2.45, 2.75) is 44.6 Å². The van der Waals surface area contributed by atoms with Crippen LogP contribution in [0.5, 0.6) is 5.75 Å². The number of benzene rings is 2. The van der Waals surface area contributed by atoms with Crippen molar-refractivity contribution in [3.05, 3.63) is 65.7 Å². The van der Waals surface area contributed by atoms with E-state index in [1.165, 1.54) is 37.9 Å². The van der Waals surface area contributed by atoms with Crippen molar-refractivity contribution in [3.8, 4) is 5.75 Å². The second-order valence-electron chi connectivity index (χ2n) is 9.55. The quantitative estimate of drug-likeness (QED) is 0.571. The molecule has 0 saturated carbocycles. The van der Waals surface area contributed by atoms with Crippen LogP contribution in [-0.2, 0) is 6.42 Å². The summed E-state index contributed by atoms with van der Waals surface area (Å²) in [7, 11) is 1.91. The molecule has 0 aromatic heterocycles. The van der Waals surface area contributed by atoms with E-state index in [1.807, 2.05) is 36.2 Å². The summed E-state index contributed by atoms with van der Waals surface area (Å²) in [4.78, 5) is 19.6. The van der Waals surface area contributed by atoms with Crippen molar-refractivity contribution in [2.24, 2.45) is 0 Å². The number of rotatable bonds is 9. The summed E-state index contributed by atoms with van der Waals surface area (Å²) in [6.07, 6.45) is 7.37. The summed E-state index contributed by atoms with van der Waals surface area (Å²) in [6.45, 7) is 7.35. The van der Waals surface area contributed by atoms with Crippen molar-refractivity contribution >= 4 is 5.91 Å². The molecule has 1 amide bonds. The topological polar surface area (TPSA) is 36.0 Å². The van der Waals surface area contributed by atoms with Gasteiger partial charge in [-0.1, -0.05) is 36.8 Å². The molecule has 33 heavy (non-hydrogen) atoms. The third-order valence-electron chi connectivity index (χ3n) is 7.05. The molecule has 5 heteroatoms. The van der Waals surface area contributed by atoms with E-state index >= 15 is 0 Å². The fourth-order valence-electron chi connectivity index (χ4n) is 4.85. The van der Waals surface area contributed by atoms with Crippen LogP contribution in [0.2, 0.25) is 0 Å². The Hall–Kier alpha value is -2.37. The number of hydrogen-bond donors (Lipinski definition) is 0. The van der Waals surface area contributed by atoms with E-state index in [0.29, 0.717) is 0 Å². The Morgan fingerprint density at radius 2 is 1.55 bits per heavy atom. The lowest BCUT2D eigenvalue weighted by molar-refractivity contribution is 0.0772. The van der Waals surface area contributed by atoms with Gasteiger partial charge in [-0.2, -0.15) is 0 Å². The molecule has 5 nitrogen and oxygen atoms in total. The largest absolute Gasteiger partial charge is 0.490 e. The van der Waals surface area contributed by atoms with Crippen LogP contribution in [0, 0.1) is 0 Å². The van der Waals surface area contributed by atoms with Gasteiger partial charge in [0.1, 0.15) is 11.9 Å². The van der Waals surface area contributed by atoms with Crippen molar-refractivity contribution in [2.75, 3.05) is 52.9 Å². The van der Waals surface area contributed by atoms with Gasteiger partial charge < -0.3 is 19.4 Å². The molecule has 2 aliphatic rings. The minimum absolute atomic E-state index is 0.0882. The van der Waals surface area contributed by atoms with E-state index in [4.69, 9.17) is 4.74 Å². The predicted octanol–water partition coefficient (Wildman–Crippen LogP) is 4.33. The first-order valence-corrected chi connectivity index (χ1v) is 12.7. The molecule has 0 atom stereocenters. The number of likely N-dealkylation sites (N-methyl/N-ethyl adjacent to an activating group) is 1. The van der Waals surface area contributed by atoms with Crippen LogP contribution in [0.1, 0.15) is 48.0 Å². The first-order chi connectivity index (χ1) is 16.2. The van der Waals surface area contributed by atoms with Crippen LogP contribution < -0.4 is 4.74 Å². The smallest absolute Gasteiger partial charge is 0.253 e. The molecule has 178 valence electrons. The van der Waals surface area contributed by atoms with Gasteiger partial charge in [0.25, 0.3) is 5.91 Å². The Kier molecular flexibility index (Phi) is 8.79. The van der Waals surface area contributed by atoms with Gasteiger partial charge >= 0.3 is 0 Å². The maximum absolute atomic E-state index is 12.8. The molecule has 2 aromatic rings. The zero-order valence-corrected chi connectivity index (χ0v) is 20.1. The van der Waals surface area contributed by atoms with E-state index in [1.54, 1.807) is 0 Å². The molecule has 0 unspecified atom stereocenters. The standard InChI is InChI=1S/C28H39N3O2/c1-29(22-23-30-17-6-3-7-18-30)28(32)25-10-12-26(13-11-25)33-27-15-20-31(21-16-27)19-14-24-8-4-2-5-9-24/h2,4-5,8-13,27H,3,6-7,14-23H2,1H3. The van der Waals surface area contributed by atoms with Crippen LogP contribution >= 0.6 is 0 Å². The Morgan fingerprint density at radius 3 is 2.24 bits per heavy atom. The van der Waals surface area contributed by atoms with Gasteiger partial charge in [0, 0.05) is 45.3 Å². The zero-order valence-electron chi connectivity index (χ0n) is 20.1. The molecule has 2 heterocycles. The first kappa shape index (κ1) is 23.8. The van der Waals surface area contributed by atoms with Gasteiger partial charge in [-0.05, 0) is 75.0 Å². The molecule has 0 radical (unpaired) electrons. The monoisotopic (exact) mass is 449 g/mol. The second kappa shape index (κ2) is 12.2. The lowest BCUT2D eigenvalue weighted by Crippen LogP contribution is -2.39. The molecule has 0 N–H and O–H groups in total. The third kappa shape index (κ3) is 7.31. The Labute approximate surface area is 199 Å². The highest BCUT2D eigenvalue weighted by molar-refractivity contribution is 5.94. The molecular weight excluding hydrogens is 410 g/mol. The van der Waals surface area contributed by atoms with E-state index in [-0.39, 0.29) is 12.0 Å². The highest BCUT2D eigenvalue weighted by atomic mass is 16.5. The van der Waals surface area contributed by atoms with Crippen molar-refractivity contribution in [1.82, 2.24) is 14.7 Å². The molecule has 4 rings (SSSR count). The summed E-state index contributed by atoms with van der Waals surface area (Å²) >= 11 is 0. The van der Waals surface area contributed by atoms with Crippen molar-refractivity contribution in [1.29, 1.82) is 0 Å². The normalized spacial score (nSPS) is 18.2. The fourth-order valence-corrected chi connectivity index (χ4v) is 4.85. The van der Waals surface area contributed by atoms with Gasteiger partial charge in [0.15, 0.2) is 0 Å². The lowest BCUT2D eigenvalue weighted by atomic mass is 10.1. The van der Waals surface area contributed by atoms with E-state index in [0.717, 1.165) is 63.3 Å². The van der Waals surface area contributed by atoms with E-state index in [9.17, 15) is 4.79 Å². The summed E-state index contributed by atoms with van der Waals surface area (Å²) in [6, 6.07) is 18.4. The Balaban J connectivity index is 1.17. The van der Waals surface area contributed by atoms with Gasteiger partial charge in [-0.3, -0.25) is 4.79 Å². The SMILES string of the molecule is CN(CCN1CCCCC1)C(=O)c1ccc(OC2CCN(CCc3ccccc3)CC2)cc1. The lowest BCUT2D eigenvalue weighted by Gasteiger charge is -2.32. The number of nitrogens with zero attached hydrogens (tertiary/aromatic N) is 3. The van der Waals surface area contributed by atoms with Crippen molar-refractivity contribution < 1.29 is 9.53 Å². The molecule has 2 saturated heterocycles. The van der Waals surface area contributed by atoms with Crippen LogP contribution in [0.25, 0.3) is 0 Å². The molecule has 0 spiro atoms. The summed E-state index contributed by atoms with van der Waals surface area (Å²) in [5.74, 6) is 0.954. The van der Waals surface area contributed by atoms with E-state index < -0.39 is 0 Å².